The summed E-state index contributed by atoms with van der Waals surface area (Å²) in [5.41, 5.74) is -0.655. The van der Waals surface area contributed by atoms with Crippen LogP contribution in [-0.2, 0) is 15.7 Å². The summed E-state index contributed by atoms with van der Waals surface area (Å²) < 4.78 is 51.0. The van der Waals surface area contributed by atoms with E-state index in [2.05, 4.69) is 10.1 Å². The van der Waals surface area contributed by atoms with Gasteiger partial charge in [-0.2, -0.15) is 13.2 Å². The molecule has 3 aromatic rings. The van der Waals surface area contributed by atoms with Crippen LogP contribution in [0.3, 0.4) is 0 Å². The maximum absolute atomic E-state index is 13.2. The molecule has 31 heavy (non-hydrogen) atoms. The average molecular weight is 454 g/mol. The first-order valence-corrected chi connectivity index (χ1v) is 10.2. The molecule has 0 aliphatic carbocycles. The Hall–Kier alpha value is -2.76. The van der Waals surface area contributed by atoms with Crippen LogP contribution in [0.1, 0.15) is 16.2 Å². The summed E-state index contributed by atoms with van der Waals surface area (Å²) in [7, 11) is 3.04. The van der Waals surface area contributed by atoms with Gasteiger partial charge in [-0.25, -0.2) is 9.67 Å². The maximum Gasteiger partial charge on any atom is 0.416 e. The molecule has 3 rings (SSSR count). The van der Waals surface area contributed by atoms with Gasteiger partial charge in [0.15, 0.2) is 5.82 Å². The van der Waals surface area contributed by atoms with E-state index in [1.54, 1.807) is 12.1 Å². The third kappa shape index (κ3) is 5.49. The molecule has 1 amide bonds. The molecule has 0 fully saturated rings. The highest BCUT2D eigenvalue weighted by Crippen LogP contribution is 2.32. The normalized spacial score (nSPS) is 11.6. The Morgan fingerprint density at radius 2 is 1.84 bits per heavy atom. The molecule has 2 heterocycles. The van der Waals surface area contributed by atoms with Gasteiger partial charge in [0.05, 0.1) is 29.3 Å². The van der Waals surface area contributed by atoms with E-state index in [0.717, 1.165) is 12.1 Å². The van der Waals surface area contributed by atoms with E-state index in [4.69, 9.17) is 9.47 Å². The predicted molar refractivity (Wildman–Crippen MR) is 109 cm³/mol. The van der Waals surface area contributed by atoms with Gasteiger partial charge in [-0.15, -0.1) is 16.4 Å². The van der Waals surface area contributed by atoms with Crippen LogP contribution in [0.4, 0.5) is 13.2 Å². The number of thiophene rings is 1. The summed E-state index contributed by atoms with van der Waals surface area (Å²) in [6.07, 6.45) is -4.50. The molecular formula is C20H21F3N4O3S. The Bertz CT molecular complexity index is 998. The van der Waals surface area contributed by atoms with Crippen molar-refractivity contribution in [1.29, 1.82) is 0 Å². The third-order valence-corrected chi connectivity index (χ3v) is 5.24. The highest BCUT2D eigenvalue weighted by atomic mass is 32.1. The van der Waals surface area contributed by atoms with Crippen LogP contribution in [-0.4, -0.2) is 66.1 Å². The molecule has 0 unspecified atom stereocenters. The zero-order valence-corrected chi connectivity index (χ0v) is 17.7. The zero-order chi connectivity index (χ0) is 22.4. The number of halogens is 3. The van der Waals surface area contributed by atoms with E-state index < -0.39 is 17.6 Å². The fourth-order valence-corrected chi connectivity index (χ4v) is 3.52. The van der Waals surface area contributed by atoms with Crippen molar-refractivity contribution >= 4 is 17.2 Å². The monoisotopic (exact) mass is 454 g/mol. The van der Waals surface area contributed by atoms with Crippen LogP contribution in [0.25, 0.3) is 16.4 Å². The van der Waals surface area contributed by atoms with Crippen LogP contribution in [0.15, 0.2) is 41.8 Å². The van der Waals surface area contributed by atoms with Crippen molar-refractivity contribution in [2.45, 2.75) is 6.18 Å². The molecule has 0 saturated carbocycles. The van der Waals surface area contributed by atoms with E-state index in [1.165, 1.54) is 47.3 Å². The van der Waals surface area contributed by atoms with Crippen LogP contribution >= 0.6 is 11.3 Å². The lowest BCUT2D eigenvalue weighted by molar-refractivity contribution is -0.137. The molecule has 0 atom stereocenters. The highest BCUT2D eigenvalue weighted by Gasteiger charge is 2.31. The summed E-state index contributed by atoms with van der Waals surface area (Å²) >= 11 is 1.35. The van der Waals surface area contributed by atoms with Crippen molar-refractivity contribution in [3.8, 4) is 16.4 Å². The number of nitrogens with zero attached hydrogens (tertiary/aromatic N) is 4. The number of benzene rings is 1. The fourth-order valence-electron chi connectivity index (χ4n) is 2.82. The Labute approximate surface area is 181 Å². The van der Waals surface area contributed by atoms with Gasteiger partial charge in [-0.3, -0.25) is 4.79 Å². The molecule has 0 bridgehead atoms. The lowest BCUT2D eigenvalue weighted by Gasteiger charge is -2.20. The van der Waals surface area contributed by atoms with Gasteiger partial charge in [0.2, 0.25) is 5.82 Å². The predicted octanol–water partition coefficient (Wildman–Crippen LogP) is 3.75. The minimum absolute atomic E-state index is 0.118. The number of carbonyl (C=O) groups excluding carboxylic acids is 1. The first-order chi connectivity index (χ1) is 14.8. The molecule has 1 aromatic carbocycles. The number of carbonyl (C=O) groups is 1. The Balaban J connectivity index is 2.04. The second-order valence-electron chi connectivity index (χ2n) is 6.47. The Morgan fingerprint density at radius 1 is 1.13 bits per heavy atom. The number of hydrogen-bond donors (Lipinski definition) is 0. The molecule has 0 N–H and O–H groups in total. The molecule has 0 radical (unpaired) electrons. The van der Waals surface area contributed by atoms with E-state index >= 15 is 0 Å². The van der Waals surface area contributed by atoms with E-state index in [-0.39, 0.29) is 17.3 Å². The minimum Gasteiger partial charge on any atom is -0.383 e. The number of hydrogen-bond acceptors (Lipinski definition) is 6. The molecule has 7 nitrogen and oxygen atoms in total. The molecule has 0 aliphatic heterocycles. The van der Waals surface area contributed by atoms with Crippen LogP contribution in [0.5, 0.6) is 0 Å². The summed E-state index contributed by atoms with van der Waals surface area (Å²) in [5, 5.41) is 6.08. The van der Waals surface area contributed by atoms with Crippen molar-refractivity contribution in [1.82, 2.24) is 19.7 Å². The minimum atomic E-state index is -4.50. The lowest BCUT2D eigenvalue weighted by atomic mass is 10.2. The number of rotatable bonds is 9. The number of ether oxygens (including phenoxy) is 2. The standard InChI is InChI=1S/C20H21F3N4O3S/c1-29-10-8-26(9-11-30-2)19(28)17-24-18(16-7-4-12-31-16)27(25-17)15-6-3-5-14(13-15)20(21,22)23/h3-7,12-13H,8-11H2,1-2H3. The van der Waals surface area contributed by atoms with E-state index in [0.29, 0.717) is 31.2 Å². The summed E-state index contributed by atoms with van der Waals surface area (Å²) in [4.78, 5) is 19.6. The molecule has 0 aliphatic rings. The van der Waals surface area contributed by atoms with Gasteiger partial charge >= 0.3 is 6.18 Å². The van der Waals surface area contributed by atoms with E-state index in [9.17, 15) is 18.0 Å². The first-order valence-electron chi connectivity index (χ1n) is 9.31. The van der Waals surface area contributed by atoms with Gasteiger partial charge in [-0.1, -0.05) is 12.1 Å². The first kappa shape index (κ1) is 22.9. The maximum atomic E-state index is 13.2. The quantitative estimate of drug-likeness (QED) is 0.493. The van der Waals surface area contributed by atoms with Gasteiger partial charge in [0.1, 0.15) is 0 Å². The Kier molecular flexibility index (Phi) is 7.42. The summed E-state index contributed by atoms with van der Waals surface area (Å²) in [6.45, 7) is 1.21. The molecular weight excluding hydrogens is 433 g/mol. The number of aromatic nitrogens is 3. The topological polar surface area (TPSA) is 69.5 Å². The summed E-state index contributed by atoms with van der Waals surface area (Å²) in [6, 6.07) is 8.30. The second kappa shape index (κ2) is 10.0. The molecule has 0 saturated heterocycles. The molecule has 11 heteroatoms. The van der Waals surface area contributed by atoms with Gasteiger partial charge in [0.25, 0.3) is 5.91 Å². The van der Waals surface area contributed by atoms with Crippen LogP contribution < -0.4 is 0 Å². The fraction of sp³-hybridized carbons (Fsp3) is 0.350. The second-order valence-corrected chi connectivity index (χ2v) is 7.42. The highest BCUT2D eigenvalue weighted by molar-refractivity contribution is 7.13. The van der Waals surface area contributed by atoms with Gasteiger partial charge in [-0.05, 0) is 29.6 Å². The smallest absolute Gasteiger partial charge is 0.383 e. The SMILES string of the molecule is COCCN(CCOC)C(=O)c1nc(-c2cccs2)n(-c2cccc(C(F)(F)F)c2)n1. The average Bonchev–Trinajstić information content (AvgIpc) is 3.43. The van der Waals surface area contributed by atoms with Crippen molar-refractivity contribution in [2.24, 2.45) is 0 Å². The van der Waals surface area contributed by atoms with Crippen molar-refractivity contribution < 1.29 is 27.4 Å². The van der Waals surface area contributed by atoms with Crippen LogP contribution in [0.2, 0.25) is 0 Å². The molecule has 166 valence electrons. The van der Waals surface area contributed by atoms with E-state index in [1.807, 2.05) is 5.38 Å². The molecule has 2 aromatic heterocycles. The zero-order valence-electron chi connectivity index (χ0n) is 16.9. The largest absolute Gasteiger partial charge is 0.416 e. The lowest BCUT2D eigenvalue weighted by Crippen LogP contribution is -2.37. The third-order valence-electron chi connectivity index (χ3n) is 4.38. The van der Waals surface area contributed by atoms with Crippen LogP contribution in [0, 0.1) is 0 Å². The van der Waals surface area contributed by atoms with Gasteiger partial charge in [0, 0.05) is 27.3 Å². The summed E-state index contributed by atoms with van der Waals surface area (Å²) in [5.74, 6) is -0.290. The van der Waals surface area contributed by atoms with Gasteiger partial charge < -0.3 is 14.4 Å². The van der Waals surface area contributed by atoms with Crippen molar-refractivity contribution in [3.05, 3.63) is 53.2 Å². The van der Waals surface area contributed by atoms with Crippen molar-refractivity contribution in [2.75, 3.05) is 40.5 Å². The Morgan fingerprint density at radius 3 is 2.42 bits per heavy atom. The number of methoxy groups -OCH3 is 2. The number of alkyl halides is 3. The number of amides is 1. The molecule has 0 spiro atoms. The van der Waals surface area contributed by atoms with Crippen molar-refractivity contribution in [3.63, 3.8) is 0 Å².